The third kappa shape index (κ3) is 3.64. The number of carbonyl (C=O) groups is 1. The van der Waals surface area contributed by atoms with Gasteiger partial charge >= 0.3 is 0 Å². The van der Waals surface area contributed by atoms with Crippen LogP contribution in [0.5, 0.6) is 0 Å². The van der Waals surface area contributed by atoms with E-state index in [2.05, 4.69) is 36.2 Å². The third-order valence-electron chi connectivity index (χ3n) is 4.30. The highest BCUT2D eigenvalue weighted by Gasteiger charge is 2.20. The Labute approximate surface area is 153 Å². The molecule has 3 rings (SSSR count). The largest absolute Gasteiger partial charge is 0.307 e. The van der Waals surface area contributed by atoms with Crippen LogP contribution in [0.1, 0.15) is 35.5 Å². The summed E-state index contributed by atoms with van der Waals surface area (Å²) in [4.78, 5) is 19.3. The number of para-hydroxylation sites is 1. The van der Waals surface area contributed by atoms with Crippen molar-refractivity contribution < 1.29 is 4.79 Å². The summed E-state index contributed by atoms with van der Waals surface area (Å²) in [6.45, 7) is 6.76. The van der Waals surface area contributed by atoms with Crippen molar-refractivity contribution in [3.63, 3.8) is 0 Å². The van der Waals surface area contributed by atoms with Crippen molar-refractivity contribution in [1.29, 1.82) is 0 Å². The molecule has 0 saturated heterocycles. The van der Waals surface area contributed by atoms with Gasteiger partial charge in [0.25, 0.3) is 5.91 Å². The second kappa shape index (κ2) is 7.62. The van der Waals surface area contributed by atoms with Crippen molar-refractivity contribution in [3.8, 4) is 10.6 Å². The Morgan fingerprint density at radius 3 is 2.44 bits per heavy atom. The second-order valence-corrected chi connectivity index (χ2v) is 6.78. The molecular formula is C21H22N2OS. The van der Waals surface area contributed by atoms with E-state index in [0.717, 1.165) is 28.2 Å². The summed E-state index contributed by atoms with van der Waals surface area (Å²) in [7, 11) is 0. The van der Waals surface area contributed by atoms with Crippen molar-refractivity contribution in [3.05, 3.63) is 70.7 Å². The minimum atomic E-state index is -0.0514. The maximum absolute atomic E-state index is 12.9. The Morgan fingerprint density at radius 2 is 1.80 bits per heavy atom. The molecule has 2 aromatic carbocycles. The van der Waals surface area contributed by atoms with Crippen molar-refractivity contribution in [2.75, 3.05) is 11.4 Å². The van der Waals surface area contributed by atoms with Crippen LogP contribution in [-0.2, 0) is 6.42 Å². The summed E-state index contributed by atoms with van der Waals surface area (Å²) in [5.74, 6) is -0.0514. The minimum absolute atomic E-state index is 0.0514. The number of benzene rings is 2. The topological polar surface area (TPSA) is 33.2 Å². The maximum Gasteiger partial charge on any atom is 0.277 e. The number of carbonyl (C=O) groups excluding carboxylic acids is 1. The first-order chi connectivity index (χ1) is 12.1. The lowest BCUT2D eigenvalue weighted by molar-refractivity contribution is 0.0984. The molecule has 0 aliphatic heterocycles. The quantitative estimate of drug-likeness (QED) is 0.621. The van der Waals surface area contributed by atoms with Crippen molar-refractivity contribution in [2.24, 2.45) is 0 Å². The zero-order valence-corrected chi connectivity index (χ0v) is 15.6. The van der Waals surface area contributed by atoms with Crippen LogP contribution in [0.2, 0.25) is 0 Å². The summed E-state index contributed by atoms with van der Waals surface area (Å²) >= 11 is 1.51. The lowest BCUT2D eigenvalue weighted by atomic mass is 10.1. The zero-order chi connectivity index (χ0) is 17.8. The molecule has 0 fully saturated rings. The normalized spacial score (nSPS) is 10.7. The number of anilines is 1. The monoisotopic (exact) mass is 350 g/mol. The van der Waals surface area contributed by atoms with E-state index in [1.807, 2.05) is 43.5 Å². The van der Waals surface area contributed by atoms with E-state index in [9.17, 15) is 4.79 Å². The Morgan fingerprint density at radius 1 is 1.08 bits per heavy atom. The van der Waals surface area contributed by atoms with E-state index in [4.69, 9.17) is 0 Å². The van der Waals surface area contributed by atoms with Crippen molar-refractivity contribution in [1.82, 2.24) is 4.98 Å². The number of rotatable bonds is 5. The smallest absolute Gasteiger partial charge is 0.277 e. The molecule has 0 saturated carbocycles. The van der Waals surface area contributed by atoms with Gasteiger partial charge in [0, 0.05) is 23.2 Å². The SMILES string of the molecule is CCc1ccc(-c2nc(C(=O)N(CC)c3ccccc3C)cs2)cc1. The van der Waals surface area contributed by atoms with E-state index in [1.165, 1.54) is 16.9 Å². The third-order valence-corrected chi connectivity index (χ3v) is 5.19. The Balaban J connectivity index is 1.87. The van der Waals surface area contributed by atoms with Crippen LogP contribution >= 0.6 is 11.3 Å². The summed E-state index contributed by atoms with van der Waals surface area (Å²) in [6, 6.07) is 16.3. The van der Waals surface area contributed by atoms with Crippen LogP contribution in [-0.4, -0.2) is 17.4 Å². The number of thiazole rings is 1. The molecule has 0 aliphatic rings. The first kappa shape index (κ1) is 17.4. The molecule has 1 aromatic heterocycles. The lowest BCUT2D eigenvalue weighted by Gasteiger charge is -2.21. The maximum atomic E-state index is 12.9. The fourth-order valence-corrected chi connectivity index (χ4v) is 3.62. The average Bonchev–Trinajstić information content (AvgIpc) is 3.14. The van der Waals surface area contributed by atoms with Gasteiger partial charge in [-0.05, 0) is 37.5 Å². The molecule has 4 heteroatoms. The summed E-state index contributed by atoms with van der Waals surface area (Å²) in [5, 5.41) is 2.73. The van der Waals surface area contributed by atoms with Crippen LogP contribution in [0.25, 0.3) is 10.6 Å². The average molecular weight is 350 g/mol. The fourth-order valence-electron chi connectivity index (χ4n) is 2.82. The molecule has 0 aliphatic carbocycles. The number of nitrogens with zero attached hydrogens (tertiary/aromatic N) is 2. The molecule has 1 heterocycles. The summed E-state index contributed by atoms with van der Waals surface area (Å²) in [5.41, 5.74) is 4.89. The molecule has 0 unspecified atom stereocenters. The molecule has 0 bridgehead atoms. The number of amides is 1. The number of hydrogen-bond donors (Lipinski definition) is 0. The van der Waals surface area contributed by atoms with Gasteiger partial charge in [-0.1, -0.05) is 49.4 Å². The fraction of sp³-hybridized carbons (Fsp3) is 0.238. The molecule has 1 amide bonds. The van der Waals surface area contributed by atoms with Gasteiger partial charge in [-0.3, -0.25) is 4.79 Å². The standard InChI is InChI=1S/C21H22N2OS/c1-4-16-10-12-17(13-11-16)20-22-18(14-25-20)21(24)23(5-2)19-9-7-6-8-15(19)3/h6-14H,4-5H2,1-3H3. The van der Waals surface area contributed by atoms with E-state index in [-0.39, 0.29) is 5.91 Å². The van der Waals surface area contributed by atoms with Gasteiger partial charge in [0.05, 0.1) is 0 Å². The van der Waals surface area contributed by atoms with Crippen LogP contribution in [0, 0.1) is 6.92 Å². The molecule has 0 N–H and O–H groups in total. The number of aryl methyl sites for hydroxylation is 2. The highest BCUT2D eigenvalue weighted by atomic mass is 32.1. The highest BCUT2D eigenvalue weighted by Crippen LogP contribution is 2.26. The minimum Gasteiger partial charge on any atom is -0.307 e. The van der Waals surface area contributed by atoms with Gasteiger partial charge in [-0.2, -0.15) is 0 Å². The Bertz CT molecular complexity index is 868. The molecule has 0 radical (unpaired) electrons. The van der Waals surface area contributed by atoms with Crippen LogP contribution < -0.4 is 4.90 Å². The van der Waals surface area contributed by atoms with Crippen LogP contribution in [0.4, 0.5) is 5.69 Å². The lowest BCUT2D eigenvalue weighted by Crippen LogP contribution is -2.31. The van der Waals surface area contributed by atoms with E-state index in [1.54, 1.807) is 4.90 Å². The van der Waals surface area contributed by atoms with Crippen molar-refractivity contribution in [2.45, 2.75) is 27.2 Å². The number of hydrogen-bond acceptors (Lipinski definition) is 3. The number of aromatic nitrogens is 1. The van der Waals surface area contributed by atoms with Gasteiger partial charge in [0.15, 0.2) is 0 Å². The van der Waals surface area contributed by atoms with Gasteiger partial charge in [-0.25, -0.2) is 4.98 Å². The molecule has 3 nitrogen and oxygen atoms in total. The van der Waals surface area contributed by atoms with E-state index < -0.39 is 0 Å². The first-order valence-corrected chi connectivity index (χ1v) is 9.44. The highest BCUT2D eigenvalue weighted by molar-refractivity contribution is 7.13. The van der Waals surface area contributed by atoms with Crippen LogP contribution in [0.3, 0.4) is 0 Å². The van der Waals surface area contributed by atoms with E-state index in [0.29, 0.717) is 12.2 Å². The van der Waals surface area contributed by atoms with Gasteiger partial charge in [0.2, 0.25) is 0 Å². The predicted molar refractivity (Wildman–Crippen MR) is 105 cm³/mol. The zero-order valence-electron chi connectivity index (χ0n) is 14.8. The molecule has 128 valence electrons. The first-order valence-electron chi connectivity index (χ1n) is 8.56. The molecule has 25 heavy (non-hydrogen) atoms. The molecule has 3 aromatic rings. The molecular weight excluding hydrogens is 328 g/mol. The predicted octanol–water partition coefficient (Wildman–Crippen LogP) is 5.35. The van der Waals surface area contributed by atoms with E-state index >= 15 is 0 Å². The second-order valence-electron chi connectivity index (χ2n) is 5.92. The van der Waals surface area contributed by atoms with Gasteiger partial charge < -0.3 is 4.90 Å². The molecule has 0 spiro atoms. The Hall–Kier alpha value is -2.46. The van der Waals surface area contributed by atoms with Gasteiger partial charge in [0.1, 0.15) is 10.7 Å². The Kier molecular flexibility index (Phi) is 5.29. The summed E-state index contributed by atoms with van der Waals surface area (Å²) < 4.78 is 0. The van der Waals surface area contributed by atoms with Gasteiger partial charge in [-0.15, -0.1) is 11.3 Å². The summed E-state index contributed by atoms with van der Waals surface area (Å²) in [6.07, 6.45) is 1.02. The van der Waals surface area contributed by atoms with Crippen LogP contribution in [0.15, 0.2) is 53.9 Å². The molecule has 0 atom stereocenters. The van der Waals surface area contributed by atoms with Crippen molar-refractivity contribution >= 4 is 22.9 Å².